The van der Waals surface area contributed by atoms with Gasteiger partial charge in [0.05, 0.1) is 12.2 Å². The van der Waals surface area contributed by atoms with Crippen LogP contribution in [0, 0.1) is 11.6 Å². The zero-order valence-electron chi connectivity index (χ0n) is 15.3. The predicted molar refractivity (Wildman–Crippen MR) is 105 cm³/mol. The lowest BCUT2D eigenvalue weighted by Gasteiger charge is -2.22. The number of para-hydroxylation sites is 1. The molecule has 0 aliphatic carbocycles. The van der Waals surface area contributed by atoms with Gasteiger partial charge in [-0.05, 0) is 37.3 Å². The van der Waals surface area contributed by atoms with Gasteiger partial charge in [-0.15, -0.1) is 11.3 Å². The van der Waals surface area contributed by atoms with E-state index in [-0.39, 0.29) is 12.1 Å². The van der Waals surface area contributed by atoms with Gasteiger partial charge >= 0.3 is 6.03 Å². The summed E-state index contributed by atoms with van der Waals surface area (Å²) in [5.74, 6) is -2.13. The summed E-state index contributed by atoms with van der Waals surface area (Å²) < 4.78 is 27.8. The van der Waals surface area contributed by atoms with E-state index in [1.54, 1.807) is 5.38 Å². The smallest absolute Gasteiger partial charge is 0.325 e. The molecule has 2 heterocycles. The number of carbonyl (C=O) groups is 2. The number of anilines is 2. The van der Waals surface area contributed by atoms with Crippen LogP contribution in [-0.2, 0) is 16.9 Å². The van der Waals surface area contributed by atoms with Crippen LogP contribution in [0.5, 0.6) is 0 Å². The van der Waals surface area contributed by atoms with Crippen molar-refractivity contribution in [1.29, 1.82) is 0 Å². The van der Waals surface area contributed by atoms with Crippen molar-refractivity contribution in [3.05, 3.63) is 76.8 Å². The van der Waals surface area contributed by atoms with E-state index in [4.69, 9.17) is 0 Å². The minimum Gasteiger partial charge on any atom is -0.332 e. The molecule has 1 aliphatic heterocycles. The number of aromatic nitrogens is 1. The molecule has 0 bridgehead atoms. The molecule has 3 amide bonds. The number of rotatable bonds is 5. The first kappa shape index (κ1) is 19.0. The fourth-order valence-electron chi connectivity index (χ4n) is 3.15. The summed E-state index contributed by atoms with van der Waals surface area (Å²) in [6, 6.07) is 11.6. The Hall–Kier alpha value is -3.33. The maximum absolute atomic E-state index is 14.2. The molecule has 29 heavy (non-hydrogen) atoms. The highest BCUT2D eigenvalue weighted by Crippen LogP contribution is 2.32. The predicted octanol–water partition coefficient (Wildman–Crippen LogP) is 4.13. The Labute approximate surface area is 169 Å². The molecule has 2 aromatic carbocycles. The van der Waals surface area contributed by atoms with Crippen molar-refractivity contribution >= 4 is 34.1 Å². The van der Waals surface area contributed by atoms with Crippen LogP contribution in [0.2, 0.25) is 0 Å². The molecule has 9 heteroatoms. The van der Waals surface area contributed by atoms with Gasteiger partial charge in [0.1, 0.15) is 17.2 Å². The van der Waals surface area contributed by atoms with E-state index in [1.807, 2.05) is 30.3 Å². The molecule has 1 aliphatic rings. The van der Waals surface area contributed by atoms with Crippen LogP contribution in [0.3, 0.4) is 0 Å². The second kappa shape index (κ2) is 7.25. The summed E-state index contributed by atoms with van der Waals surface area (Å²) >= 11 is 1.33. The maximum Gasteiger partial charge on any atom is 0.325 e. The van der Waals surface area contributed by atoms with Gasteiger partial charge in [-0.1, -0.05) is 18.2 Å². The highest BCUT2D eigenvalue weighted by Gasteiger charge is 2.50. The minimum absolute atomic E-state index is 0.0792. The fraction of sp³-hybridized carbons (Fsp3) is 0.150. The molecule has 1 aromatic heterocycles. The number of imide groups is 1. The van der Waals surface area contributed by atoms with E-state index < -0.39 is 29.1 Å². The van der Waals surface area contributed by atoms with Crippen LogP contribution in [0.25, 0.3) is 0 Å². The van der Waals surface area contributed by atoms with E-state index in [9.17, 15) is 18.4 Å². The van der Waals surface area contributed by atoms with Crippen LogP contribution in [-0.4, -0.2) is 21.8 Å². The summed E-state index contributed by atoms with van der Waals surface area (Å²) in [7, 11) is 0. The number of carbonyl (C=O) groups excluding carboxylic acids is 2. The number of nitrogens with zero attached hydrogens (tertiary/aromatic N) is 2. The molecule has 2 N–H and O–H groups in total. The molecule has 1 saturated heterocycles. The van der Waals surface area contributed by atoms with Crippen molar-refractivity contribution in [2.24, 2.45) is 0 Å². The number of urea groups is 1. The van der Waals surface area contributed by atoms with Crippen LogP contribution in [0.4, 0.5) is 24.4 Å². The van der Waals surface area contributed by atoms with Crippen molar-refractivity contribution < 1.29 is 18.4 Å². The van der Waals surface area contributed by atoms with E-state index in [0.29, 0.717) is 10.8 Å². The molecule has 6 nitrogen and oxygen atoms in total. The van der Waals surface area contributed by atoms with Gasteiger partial charge in [0.15, 0.2) is 5.13 Å². The van der Waals surface area contributed by atoms with Gasteiger partial charge < -0.3 is 10.6 Å². The molecule has 3 aromatic rings. The van der Waals surface area contributed by atoms with Gasteiger partial charge in [0, 0.05) is 16.6 Å². The third-order valence-corrected chi connectivity index (χ3v) is 5.45. The number of nitrogens with one attached hydrogen (secondary N) is 2. The molecule has 1 atom stereocenters. The van der Waals surface area contributed by atoms with Crippen LogP contribution < -0.4 is 10.6 Å². The van der Waals surface area contributed by atoms with E-state index >= 15 is 0 Å². The zero-order chi connectivity index (χ0) is 20.6. The van der Waals surface area contributed by atoms with Gasteiger partial charge in [-0.25, -0.2) is 18.6 Å². The largest absolute Gasteiger partial charge is 0.332 e. The Morgan fingerprint density at radius 1 is 1.17 bits per heavy atom. The fourth-order valence-corrected chi connectivity index (χ4v) is 3.87. The molecule has 0 spiro atoms. The average Bonchev–Trinajstić information content (AvgIpc) is 3.22. The summed E-state index contributed by atoms with van der Waals surface area (Å²) in [5.41, 5.74) is -0.550. The number of halogens is 2. The van der Waals surface area contributed by atoms with Crippen molar-refractivity contribution in [1.82, 2.24) is 15.2 Å². The van der Waals surface area contributed by atoms with Crippen molar-refractivity contribution in [2.75, 3.05) is 5.32 Å². The van der Waals surface area contributed by atoms with Crippen LogP contribution in [0.15, 0.2) is 53.9 Å². The molecule has 1 unspecified atom stereocenters. The summed E-state index contributed by atoms with van der Waals surface area (Å²) in [6.07, 6.45) is 0. The third-order valence-electron chi connectivity index (χ3n) is 4.64. The molecular formula is C20H16F2N4O2S. The molecule has 1 fully saturated rings. The third kappa shape index (κ3) is 3.56. The molecule has 0 saturated carbocycles. The van der Waals surface area contributed by atoms with Gasteiger partial charge in [0.25, 0.3) is 5.91 Å². The number of benzene rings is 2. The Balaban J connectivity index is 1.54. The van der Waals surface area contributed by atoms with E-state index in [1.165, 1.54) is 18.3 Å². The summed E-state index contributed by atoms with van der Waals surface area (Å²) in [5, 5.41) is 7.95. The Bertz CT molecular complexity index is 1090. The average molecular weight is 414 g/mol. The van der Waals surface area contributed by atoms with E-state index in [0.717, 1.165) is 28.8 Å². The Morgan fingerprint density at radius 3 is 2.69 bits per heavy atom. The van der Waals surface area contributed by atoms with Crippen molar-refractivity contribution in [3.63, 3.8) is 0 Å². The van der Waals surface area contributed by atoms with Crippen molar-refractivity contribution in [2.45, 2.75) is 19.0 Å². The number of hydrogen-bond donors (Lipinski definition) is 2. The second-order valence-corrected chi connectivity index (χ2v) is 7.56. The number of hydrogen-bond acceptors (Lipinski definition) is 5. The van der Waals surface area contributed by atoms with Crippen molar-refractivity contribution in [3.8, 4) is 0 Å². The summed E-state index contributed by atoms with van der Waals surface area (Å²) in [4.78, 5) is 30.7. The molecule has 4 rings (SSSR count). The van der Waals surface area contributed by atoms with Gasteiger partial charge in [-0.3, -0.25) is 9.69 Å². The van der Waals surface area contributed by atoms with E-state index in [2.05, 4.69) is 15.6 Å². The Morgan fingerprint density at radius 2 is 1.93 bits per heavy atom. The zero-order valence-corrected chi connectivity index (χ0v) is 16.1. The molecule has 148 valence electrons. The maximum atomic E-state index is 14.2. The highest BCUT2D eigenvalue weighted by atomic mass is 32.1. The number of amides is 3. The normalized spacial score (nSPS) is 18.8. The minimum atomic E-state index is -1.69. The SMILES string of the molecule is CC1(c2cc(F)ccc2F)NC(=O)N(Cc2csc(Nc3ccccc3)n2)C1=O. The Kier molecular flexibility index (Phi) is 4.75. The standard InChI is InChI=1S/C20H16F2N4O2S/c1-20(15-9-12(21)7-8-16(15)22)17(27)26(19(28)25-20)10-14-11-29-18(24-14)23-13-5-3-2-4-6-13/h2-9,11H,10H2,1H3,(H,23,24)(H,25,28). The first-order chi connectivity index (χ1) is 13.9. The first-order valence-electron chi connectivity index (χ1n) is 8.73. The molecule has 0 radical (unpaired) electrons. The topological polar surface area (TPSA) is 74.3 Å². The van der Waals surface area contributed by atoms with Gasteiger partial charge in [0.2, 0.25) is 0 Å². The second-order valence-electron chi connectivity index (χ2n) is 6.71. The van der Waals surface area contributed by atoms with Crippen LogP contribution in [0.1, 0.15) is 18.2 Å². The van der Waals surface area contributed by atoms with Crippen LogP contribution >= 0.6 is 11.3 Å². The monoisotopic (exact) mass is 414 g/mol. The number of thiazole rings is 1. The lowest BCUT2D eigenvalue weighted by atomic mass is 9.91. The lowest BCUT2D eigenvalue weighted by Crippen LogP contribution is -2.41. The quantitative estimate of drug-likeness (QED) is 0.616. The molecular weight excluding hydrogens is 398 g/mol. The first-order valence-corrected chi connectivity index (χ1v) is 9.61. The lowest BCUT2D eigenvalue weighted by molar-refractivity contribution is -0.131. The summed E-state index contributed by atoms with van der Waals surface area (Å²) in [6.45, 7) is 1.28. The van der Waals surface area contributed by atoms with Gasteiger partial charge in [-0.2, -0.15) is 0 Å². The highest BCUT2D eigenvalue weighted by molar-refractivity contribution is 7.13.